The Morgan fingerprint density at radius 1 is 1.23 bits per heavy atom. The second-order valence-electron chi connectivity index (χ2n) is 5.74. The fourth-order valence-corrected chi connectivity index (χ4v) is 1.84. The monoisotopic (exact) mass is 309 g/mol. The van der Waals surface area contributed by atoms with Crippen molar-refractivity contribution in [3.05, 3.63) is 29.8 Å². The second-order valence-corrected chi connectivity index (χ2v) is 5.74. The SMILES string of the molecule is COC(=O)C(CNC(=O)OC(C)(C)C)c1cccc(OC)c1. The zero-order valence-electron chi connectivity index (χ0n) is 13.6. The Labute approximate surface area is 130 Å². The summed E-state index contributed by atoms with van der Waals surface area (Å²) in [6, 6.07) is 7.07. The number of nitrogens with one attached hydrogen (secondary N) is 1. The summed E-state index contributed by atoms with van der Waals surface area (Å²) in [5.41, 5.74) is 0.100. The van der Waals surface area contributed by atoms with Crippen LogP contribution in [0.4, 0.5) is 4.79 Å². The van der Waals surface area contributed by atoms with E-state index in [0.717, 1.165) is 0 Å². The molecule has 1 aromatic carbocycles. The number of esters is 1. The summed E-state index contributed by atoms with van der Waals surface area (Å²) in [6.07, 6.45) is -0.579. The van der Waals surface area contributed by atoms with Gasteiger partial charge in [-0.1, -0.05) is 12.1 Å². The summed E-state index contributed by atoms with van der Waals surface area (Å²) < 4.78 is 15.1. The lowest BCUT2D eigenvalue weighted by Gasteiger charge is -2.21. The van der Waals surface area contributed by atoms with Crippen LogP contribution in [0.15, 0.2) is 24.3 Å². The van der Waals surface area contributed by atoms with Crippen LogP contribution in [0.25, 0.3) is 0 Å². The fourth-order valence-electron chi connectivity index (χ4n) is 1.84. The molecule has 1 unspecified atom stereocenters. The maximum absolute atomic E-state index is 12.0. The predicted molar refractivity (Wildman–Crippen MR) is 82.0 cm³/mol. The summed E-state index contributed by atoms with van der Waals surface area (Å²) in [4.78, 5) is 23.7. The van der Waals surface area contributed by atoms with E-state index < -0.39 is 23.6 Å². The number of methoxy groups -OCH3 is 2. The van der Waals surface area contributed by atoms with Gasteiger partial charge in [-0.2, -0.15) is 0 Å². The zero-order valence-corrected chi connectivity index (χ0v) is 13.6. The van der Waals surface area contributed by atoms with Crippen LogP contribution in [0.2, 0.25) is 0 Å². The minimum Gasteiger partial charge on any atom is -0.497 e. The molecular weight excluding hydrogens is 286 g/mol. The first-order valence-electron chi connectivity index (χ1n) is 6.95. The molecule has 0 heterocycles. The van der Waals surface area contributed by atoms with Gasteiger partial charge < -0.3 is 19.5 Å². The van der Waals surface area contributed by atoms with Crippen LogP contribution in [-0.2, 0) is 14.3 Å². The van der Waals surface area contributed by atoms with E-state index in [4.69, 9.17) is 14.2 Å². The molecule has 22 heavy (non-hydrogen) atoms. The standard InChI is InChI=1S/C16H23NO5/c1-16(2,3)22-15(19)17-10-13(14(18)21-5)11-7-6-8-12(9-11)20-4/h6-9,13H,10H2,1-5H3,(H,17,19). The van der Waals surface area contributed by atoms with Crippen molar-refractivity contribution in [3.8, 4) is 5.75 Å². The third-order valence-corrected chi connectivity index (χ3v) is 2.83. The second kappa shape index (κ2) is 7.68. The molecule has 6 nitrogen and oxygen atoms in total. The molecule has 122 valence electrons. The van der Waals surface area contributed by atoms with Crippen LogP contribution >= 0.6 is 0 Å². The van der Waals surface area contributed by atoms with E-state index >= 15 is 0 Å². The largest absolute Gasteiger partial charge is 0.497 e. The molecule has 0 radical (unpaired) electrons. The van der Waals surface area contributed by atoms with Gasteiger partial charge in [-0.25, -0.2) is 4.79 Å². The summed E-state index contributed by atoms with van der Waals surface area (Å²) in [6.45, 7) is 5.39. The fraction of sp³-hybridized carbons (Fsp3) is 0.500. The van der Waals surface area contributed by atoms with Gasteiger partial charge in [-0.15, -0.1) is 0 Å². The minimum atomic E-state index is -0.632. The van der Waals surface area contributed by atoms with Gasteiger partial charge >= 0.3 is 12.1 Å². The molecule has 0 saturated heterocycles. The van der Waals surface area contributed by atoms with Crippen LogP contribution in [0.5, 0.6) is 5.75 Å². The predicted octanol–water partition coefficient (Wildman–Crippen LogP) is 2.48. The Morgan fingerprint density at radius 2 is 1.91 bits per heavy atom. The van der Waals surface area contributed by atoms with Crippen molar-refractivity contribution in [2.75, 3.05) is 20.8 Å². The Balaban J connectivity index is 2.81. The molecular formula is C16H23NO5. The highest BCUT2D eigenvalue weighted by atomic mass is 16.6. The number of carbonyl (C=O) groups is 2. The zero-order chi connectivity index (χ0) is 16.8. The van der Waals surface area contributed by atoms with E-state index in [2.05, 4.69) is 5.32 Å². The van der Waals surface area contributed by atoms with E-state index in [9.17, 15) is 9.59 Å². The summed E-state index contributed by atoms with van der Waals surface area (Å²) >= 11 is 0. The number of ether oxygens (including phenoxy) is 3. The van der Waals surface area contributed by atoms with Crippen molar-refractivity contribution in [1.82, 2.24) is 5.32 Å². The van der Waals surface area contributed by atoms with Crippen LogP contribution in [0, 0.1) is 0 Å². The van der Waals surface area contributed by atoms with Gasteiger partial charge in [-0.3, -0.25) is 4.79 Å². The molecule has 1 atom stereocenters. The van der Waals surface area contributed by atoms with Gasteiger partial charge in [-0.05, 0) is 38.5 Å². The quantitative estimate of drug-likeness (QED) is 0.846. The van der Waals surface area contributed by atoms with Crippen molar-refractivity contribution >= 4 is 12.1 Å². The van der Waals surface area contributed by atoms with Crippen molar-refractivity contribution in [1.29, 1.82) is 0 Å². The van der Waals surface area contributed by atoms with Crippen molar-refractivity contribution in [2.45, 2.75) is 32.3 Å². The normalized spacial score (nSPS) is 12.2. The van der Waals surface area contributed by atoms with Crippen LogP contribution < -0.4 is 10.1 Å². The van der Waals surface area contributed by atoms with E-state index in [1.54, 1.807) is 52.1 Å². The highest BCUT2D eigenvalue weighted by molar-refractivity contribution is 5.79. The first-order chi connectivity index (χ1) is 10.3. The van der Waals surface area contributed by atoms with Crippen LogP contribution in [0.3, 0.4) is 0 Å². The number of carbonyl (C=O) groups excluding carboxylic acids is 2. The third-order valence-electron chi connectivity index (χ3n) is 2.83. The maximum atomic E-state index is 12.0. The molecule has 1 rings (SSSR count). The first-order valence-corrected chi connectivity index (χ1v) is 6.95. The van der Waals surface area contributed by atoms with Gasteiger partial charge in [0.15, 0.2) is 0 Å². The number of alkyl carbamates (subject to hydrolysis) is 1. The average molecular weight is 309 g/mol. The van der Waals surface area contributed by atoms with Gasteiger partial charge in [0.2, 0.25) is 0 Å². The molecule has 0 aromatic heterocycles. The van der Waals surface area contributed by atoms with E-state index in [-0.39, 0.29) is 6.54 Å². The third kappa shape index (κ3) is 5.63. The Hall–Kier alpha value is -2.24. The Bertz CT molecular complexity index is 522. The van der Waals surface area contributed by atoms with E-state index in [1.807, 2.05) is 0 Å². The number of benzene rings is 1. The maximum Gasteiger partial charge on any atom is 0.407 e. The number of amides is 1. The summed E-state index contributed by atoms with van der Waals surface area (Å²) in [5, 5.41) is 2.59. The van der Waals surface area contributed by atoms with Gasteiger partial charge in [0.05, 0.1) is 20.1 Å². The van der Waals surface area contributed by atoms with E-state index in [1.165, 1.54) is 7.11 Å². The molecule has 0 saturated carbocycles. The molecule has 1 N–H and O–H groups in total. The Kier molecular flexibility index (Phi) is 6.22. The van der Waals surface area contributed by atoms with Gasteiger partial charge in [0, 0.05) is 6.54 Å². The minimum absolute atomic E-state index is 0.0781. The van der Waals surface area contributed by atoms with Crippen LogP contribution in [-0.4, -0.2) is 38.4 Å². The van der Waals surface area contributed by atoms with Crippen LogP contribution in [0.1, 0.15) is 32.3 Å². The number of rotatable bonds is 5. The lowest BCUT2D eigenvalue weighted by atomic mass is 9.99. The van der Waals surface area contributed by atoms with Crippen molar-refractivity contribution in [3.63, 3.8) is 0 Å². The molecule has 0 aliphatic carbocycles. The molecule has 0 aliphatic rings. The first kappa shape index (κ1) is 17.8. The van der Waals surface area contributed by atoms with E-state index in [0.29, 0.717) is 11.3 Å². The molecule has 0 fully saturated rings. The molecule has 1 aromatic rings. The number of hydrogen-bond donors (Lipinski definition) is 1. The smallest absolute Gasteiger partial charge is 0.407 e. The van der Waals surface area contributed by atoms with Gasteiger partial charge in [0.25, 0.3) is 0 Å². The molecule has 0 bridgehead atoms. The Morgan fingerprint density at radius 3 is 2.45 bits per heavy atom. The average Bonchev–Trinajstić information content (AvgIpc) is 2.45. The topological polar surface area (TPSA) is 73.9 Å². The summed E-state index contributed by atoms with van der Waals surface area (Å²) in [7, 11) is 2.86. The molecule has 0 spiro atoms. The lowest BCUT2D eigenvalue weighted by Crippen LogP contribution is -2.36. The lowest BCUT2D eigenvalue weighted by molar-refractivity contribution is -0.142. The molecule has 0 aliphatic heterocycles. The van der Waals surface area contributed by atoms with Gasteiger partial charge in [0.1, 0.15) is 11.4 Å². The highest BCUT2D eigenvalue weighted by Crippen LogP contribution is 2.22. The summed E-state index contributed by atoms with van der Waals surface area (Å²) in [5.74, 6) is -0.444. The van der Waals surface area contributed by atoms with Crippen molar-refractivity contribution < 1.29 is 23.8 Å². The molecule has 1 amide bonds. The highest BCUT2D eigenvalue weighted by Gasteiger charge is 2.24. The molecule has 6 heteroatoms. The number of hydrogen-bond acceptors (Lipinski definition) is 5. The van der Waals surface area contributed by atoms with Crippen molar-refractivity contribution in [2.24, 2.45) is 0 Å².